The number of rotatable bonds is 6. The van der Waals surface area contributed by atoms with E-state index in [4.69, 9.17) is 5.11 Å². The van der Waals surface area contributed by atoms with E-state index in [9.17, 15) is 18.0 Å². The van der Waals surface area contributed by atoms with Gasteiger partial charge < -0.3 is 9.84 Å². The molecule has 8 heteroatoms. The van der Waals surface area contributed by atoms with Crippen LogP contribution in [0.15, 0.2) is 29.3 Å². The lowest BCUT2D eigenvalue weighted by Gasteiger charge is -2.10. The van der Waals surface area contributed by atoms with Gasteiger partial charge in [0.1, 0.15) is 5.75 Å². The Kier molecular flexibility index (Phi) is 5.02. The van der Waals surface area contributed by atoms with Crippen LogP contribution < -0.4 is 10.3 Å². The number of alkyl halides is 3. The van der Waals surface area contributed by atoms with Gasteiger partial charge >= 0.3 is 6.36 Å². The minimum Gasteiger partial charge on any atom is -0.406 e. The van der Waals surface area contributed by atoms with Gasteiger partial charge in [0.05, 0.1) is 17.2 Å². The SMILES string of the molecule is O=c1c2cc(OC(F)(F)F)ccc2ncn1CCCCCO. The molecule has 0 spiro atoms. The second-order valence-corrected chi connectivity index (χ2v) is 4.75. The minimum absolute atomic E-state index is 0.0754. The van der Waals surface area contributed by atoms with Crippen LogP contribution in [0.3, 0.4) is 0 Å². The molecule has 0 atom stereocenters. The first-order valence-corrected chi connectivity index (χ1v) is 6.76. The topological polar surface area (TPSA) is 64.3 Å². The van der Waals surface area contributed by atoms with E-state index >= 15 is 0 Å². The van der Waals surface area contributed by atoms with E-state index in [1.54, 1.807) is 0 Å². The van der Waals surface area contributed by atoms with Crippen LogP contribution in [0.5, 0.6) is 5.75 Å². The van der Waals surface area contributed by atoms with Gasteiger partial charge in [-0.25, -0.2) is 4.98 Å². The number of benzene rings is 1. The van der Waals surface area contributed by atoms with Gasteiger partial charge in [0.15, 0.2) is 0 Å². The van der Waals surface area contributed by atoms with Crippen LogP contribution in [0.1, 0.15) is 19.3 Å². The molecule has 0 saturated carbocycles. The molecule has 1 aromatic carbocycles. The molecule has 0 amide bonds. The molecule has 1 heterocycles. The average Bonchev–Trinajstić information content (AvgIpc) is 2.44. The molecule has 0 bridgehead atoms. The number of nitrogens with zero attached hydrogens (tertiary/aromatic N) is 2. The molecule has 2 aromatic rings. The molecule has 1 aromatic heterocycles. The molecule has 1 N–H and O–H groups in total. The molecule has 0 fully saturated rings. The number of aliphatic hydroxyl groups excluding tert-OH is 1. The predicted octanol–water partition coefficient (Wildman–Crippen LogP) is 2.46. The van der Waals surface area contributed by atoms with Crippen LogP contribution in [0, 0.1) is 0 Å². The third kappa shape index (κ3) is 4.20. The van der Waals surface area contributed by atoms with Gasteiger partial charge in [-0.15, -0.1) is 13.2 Å². The maximum Gasteiger partial charge on any atom is 0.573 e. The van der Waals surface area contributed by atoms with Crippen LogP contribution in [0.4, 0.5) is 13.2 Å². The van der Waals surface area contributed by atoms with Gasteiger partial charge in [0.2, 0.25) is 0 Å². The monoisotopic (exact) mass is 316 g/mol. The molecule has 120 valence electrons. The van der Waals surface area contributed by atoms with Crippen molar-refractivity contribution in [2.75, 3.05) is 6.61 Å². The zero-order valence-electron chi connectivity index (χ0n) is 11.6. The second kappa shape index (κ2) is 6.78. The maximum absolute atomic E-state index is 12.2. The molecule has 5 nitrogen and oxygen atoms in total. The molecule has 2 rings (SSSR count). The van der Waals surface area contributed by atoms with Gasteiger partial charge in [-0.1, -0.05) is 0 Å². The van der Waals surface area contributed by atoms with Crippen molar-refractivity contribution >= 4 is 10.9 Å². The molecule has 0 aliphatic rings. The molecule has 0 aliphatic heterocycles. The highest BCUT2D eigenvalue weighted by Gasteiger charge is 2.31. The van der Waals surface area contributed by atoms with Crippen LogP contribution in [-0.4, -0.2) is 27.6 Å². The largest absolute Gasteiger partial charge is 0.573 e. The van der Waals surface area contributed by atoms with Crippen LogP contribution in [-0.2, 0) is 6.54 Å². The zero-order valence-corrected chi connectivity index (χ0v) is 11.6. The van der Waals surface area contributed by atoms with E-state index < -0.39 is 17.7 Å². The van der Waals surface area contributed by atoms with Crippen LogP contribution in [0.25, 0.3) is 10.9 Å². The molecule has 0 aliphatic carbocycles. The van der Waals surface area contributed by atoms with Crippen molar-refractivity contribution in [3.63, 3.8) is 0 Å². The van der Waals surface area contributed by atoms with Crippen molar-refractivity contribution < 1.29 is 23.0 Å². The fraction of sp³-hybridized carbons (Fsp3) is 0.429. The molecule has 0 radical (unpaired) electrons. The summed E-state index contributed by atoms with van der Waals surface area (Å²) in [4.78, 5) is 16.3. The van der Waals surface area contributed by atoms with Gasteiger partial charge in [-0.3, -0.25) is 9.36 Å². The first kappa shape index (κ1) is 16.3. The summed E-state index contributed by atoms with van der Waals surface area (Å²) in [6.07, 6.45) is -1.38. The van der Waals surface area contributed by atoms with Crippen LogP contribution in [0.2, 0.25) is 0 Å². The van der Waals surface area contributed by atoms with Crippen molar-refractivity contribution in [1.82, 2.24) is 9.55 Å². The van der Waals surface area contributed by atoms with Crippen molar-refractivity contribution in [1.29, 1.82) is 0 Å². The summed E-state index contributed by atoms with van der Waals surface area (Å²) < 4.78 is 41.8. The van der Waals surface area contributed by atoms with Crippen molar-refractivity contribution in [3.05, 3.63) is 34.9 Å². The molecular formula is C14H15F3N2O3. The van der Waals surface area contributed by atoms with Gasteiger partial charge in [0.25, 0.3) is 5.56 Å². The third-order valence-electron chi connectivity index (χ3n) is 3.09. The Balaban J connectivity index is 2.26. The smallest absolute Gasteiger partial charge is 0.406 e. The third-order valence-corrected chi connectivity index (χ3v) is 3.09. The normalized spacial score (nSPS) is 11.8. The molecule has 0 unspecified atom stereocenters. The van der Waals surface area contributed by atoms with E-state index in [0.717, 1.165) is 18.6 Å². The van der Waals surface area contributed by atoms with E-state index in [1.807, 2.05) is 0 Å². The van der Waals surface area contributed by atoms with E-state index in [-0.39, 0.29) is 12.0 Å². The molecular weight excluding hydrogens is 301 g/mol. The predicted molar refractivity (Wildman–Crippen MR) is 73.6 cm³/mol. The van der Waals surface area contributed by atoms with Gasteiger partial charge in [-0.2, -0.15) is 0 Å². The summed E-state index contributed by atoms with van der Waals surface area (Å²) in [6, 6.07) is 3.48. The number of aryl methyl sites for hydroxylation is 1. The number of halogens is 3. The first-order valence-electron chi connectivity index (χ1n) is 6.76. The lowest BCUT2D eigenvalue weighted by atomic mass is 10.2. The standard InChI is InChI=1S/C14H15F3N2O3/c15-14(16,17)22-10-4-5-12-11(8-10)13(21)19(9-18-12)6-2-1-3-7-20/h4-5,8-9,20H,1-3,6-7H2. The summed E-state index contributed by atoms with van der Waals surface area (Å²) in [6.45, 7) is 0.481. The Bertz CT molecular complexity index is 698. The van der Waals surface area contributed by atoms with Gasteiger partial charge in [0, 0.05) is 13.2 Å². The lowest BCUT2D eigenvalue weighted by molar-refractivity contribution is -0.274. The lowest BCUT2D eigenvalue weighted by Crippen LogP contribution is -2.21. The highest BCUT2D eigenvalue weighted by molar-refractivity contribution is 5.78. The van der Waals surface area contributed by atoms with E-state index in [2.05, 4.69) is 9.72 Å². The number of fused-ring (bicyclic) bond motifs is 1. The fourth-order valence-electron chi connectivity index (χ4n) is 2.07. The summed E-state index contributed by atoms with van der Waals surface area (Å²) in [5.41, 5.74) is -0.104. The summed E-state index contributed by atoms with van der Waals surface area (Å²) in [5, 5.41) is 8.77. The van der Waals surface area contributed by atoms with Crippen molar-refractivity contribution in [2.24, 2.45) is 0 Å². The minimum atomic E-state index is -4.81. The highest BCUT2D eigenvalue weighted by atomic mass is 19.4. The highest BCUT2D eigenvalue weighted by Crippen LogP contribution is 2.24. The Hall–Kier alpha value is -2.09. The Morgan fingerprint density at radius 3 is 2.68 bits per heavy atom. The summed E-state index contributed by atoms with van der Waals surface area (Å²) in [7, 11) is 0. The van der Waals surface area contributed by atoms with Crippen molar-refractivity contribution in [2.45, 2.75) is 32.2 Å². The number of ether oxygens (including phenoxy) is 1. The Morgan fingerprint density at radius 2 is 2.00 bits per heavy atom. The quantitative estimate of drug-likeness (QED) is 0.832. The number of aliphatic hydroxyl groups is 1. The number of aromatic nitrogens is 2. The molecule has 22 heavy (non-hydrogen) atoms. The number of hydrogen-bond donors (Lipinski definition) is 1. The van der Waals surface area contributed by atoms with Crippen LogP contribution >= 0.6 is 0 Å². The Labute approximate surface area is 124 Å². The van der Waals surface area contributed by atoms with Gasteiger partial charge in [-0.05, 0) is 37.5 Å². The maximum atomic E-state index is 12.2. The zero-order chi connectivity index (χ0) is 16.2. The summed E-state index contributed by atoms with van der Waals surface area (Å²) in [5.74, 6) is -0.447. The Morgan fingerprint density at radius 1 is 1.23 bits per heavy atom. The molecule has 0 saturated heterocycles. The van der Waals surface area contributed by atoms with E-state index in [0.29, 0.717) is 24.9 Å². The second-order valence-electron chi connectivity index (χ2n) is 4.75. The number of unbranched alkanes of at least 4 members (excludes halogenated alkanes) is 2. The number of hydrogen-bond acceptors (Lipinski definition) is 4. The first-order chi connectivity index (χ1) is 10.4. The fourth-order valence-corrected chi connectivity index (χ4v) is 2.07. The average molecular weight is 316 g/mol. The summed E-state index contributed by atoms with van der Waals surface area (Å²) >= 11 is 0. The van der Waals surface area contributed by atoms with Crippen molar-refractivity contribution in [3.8, 4) is 5.75 Å². The van der Waals surface area contributed by atoms with E-state index in [1.165, 1.54) is 17.0 Å².